The van der Waals surface area contributed by atoms with E-state index < -0.39 is 5.82 Å². The third-order valence-electron chi connectivity index (χ3n) is 4.28. The Hall–Kier alpha value is -2.43. The predicted molar refractivity (Wildman–Crippen MR) is 80.9 cm³/mol. The van der Waals surface area contributed by atoms with Gasteiger partial charge in [0, 0.05) is 30.2 Å². The van der Waals surface area contributed by atoms with E-state index in [1.54, 1.807) is 10.7 Å². The molecule has 0 unspecified atom stereocenters. The van der Waals surface area contributed by atoms with Gasteiger partial charge in [0.15, 0.2) is 0 Å². The fourth-order valence-corrected chi connectivity index (χ4v) is 3.26. The summed E-state index contributed by atoms with van der Waals surface area (Å²) in [5.74, 6) is -0.738. The second kappa shape index (κ2) is 5.09. The Morgan fingerprint density at radius 1 is 1.09 bits per heavy atom. The number of aromatic nitrogens is 2. The SMILES string of the molecule is Fc1ccc(F)c([C@H]2CCCN2c2ccn3nccc3c2)c1. The zero-order chi connectivity index (χ0) is 15.1. The maximum Gasteiger partial charge on any atom is 0.128 e. The molecule has 3 aromatic rings. The van der Waals surface area contributed by atoms with Crippen LogP contribution in [-0.2, 0) is 0 Å². The zero-order valence-electron chi connectivity index (χ0n) is 11.9. The number of fused-ring (bicyclic) bond motifs is 1. The maximum atomic E-state index is 14.1. The fraction of sp³-hybridized carbons (Fsp3) is 0.235. The molecule has 4 rings (SSSR count). The lowest BCUT2D eigenvalue weighted by Gasteiger charge is -2.27. The van der Waals surface area contributed by atoms with E-state index in [9.17, 15) is 8.78 Å². The Labute approximate surface area is 126 Å². The molecule has 1 aromatic carbocycles. The first-order valence-electron chi connectivity index (χ1n) is 7.37. The van der Waals surface area contributed by atoms with Gasteiger partial charge in [-0.3, -0.25) is 0 Å². The number of hydrogen-bond acceptors (Lipinski definition) is 2. The third-order valence-corrected chi connectivity index (χ3v) is 4.28. The van der Waals surface area contributed by atoms with Gasteiger partial charge in [-0.25, -0.2) is 13.3 Å². The van der Waals surface area contributed by atoms with Gasteiger partial charge in [-0.1, -0.05) is 0 Å². The molecule has 1 saturated heterocycles. The van der Waals surface area contributed by atoms with Crippen LogP contribution in [0.3, 0.4) is 0 Å². The van der Waals surface area contributed by atoms with Crippen LogP contribution in [-0.4, -0.2) is 16.2 Å². The van der Waals surface area contributed by atoms with E-state index in [4.69, 9.17) is 0 Å². The minimum atomic E-state index is -0.394. The average molecular weight is 299 g/mol. The number of halogens is 2. The summed E-state index contributed by atoms with van der Waals surface area (Å²) in [5, 5.41) is 4.18. The molecular formula is C17H15F2N3. The van der Waals surface area contributed by atoms with Crippen LogP contribution < -0.4 is 4.90 Å². The molecule has 0 bridgehead atoms. The van der Waals surface area contributed by atoms with Gasteiger partial charge in [0.2, 0.25) is 0 Å². The minimum absolute atomic E-state index is 0.124. The lowest BCUT2D eigenvalue weighted by atomic mass is 10.0. The quantitative estimate of drug-likeness (QED) is 0.714. The predicted octanol–water partition coefficient (Wildman–Crippen LogP) is 3.95. The first-order chi connectivity index (χ1) is 10.7. The van der Waals surface area contributed by atoms with E-state index in [2.05, 4.69) is 10.00 Å². The van der Waals surface area contributed by atoms with Crippen molar-refractivity contribution in [2.24, 2.45) is 0 Å². The van der Waals surface area contributed by atoms with Crippen LogP contribution >= 0.6 is 0 Å². The molecule has 3 heterocycles. The Morgan fingerprint density at radius 3 is 2.91 bits per heavy atom. The normalized spacial score (nSPS) is 18.3. The first-order valence-corrected chi connectivity index (χ1v) is 7.37. The van der Waals surface area contributed by atoms with Crippen molar-refractivity contribution in [2.75, 3.05) is 11.4 Å². The van der Waals surface area contributed by atoms with E-state index in [1.165, 1.54) is 12.1 Å². The molecule has 22 heavy (non-hydrogen) atoms. The van der Waals surface area contributed by atoms with Gasteiger partial charge in [-0.15, -0.1) is 0 Å². The van der Waals surface area contributed by atoms with Crippen molar-refractivity contribution in [2.45, 2.75) is 18.9 Å². The second-order valence-corrected chi connectivity index (χ2v) is 5.60. The smallest absolute Gasteiger partial charge is 0.128 e. The molecule has 1 aliphatic heterocycles. The Balaban J connectivity index is 1.75. The zero-order valence-corrected chi connectivity index (χ0v) is 11.9. The van der Waals surface area contributed by atoms with E-state index in [0.717, 1.165) is 36.7 Å². The van der Waals surface area contributed by atoms with Crippen molar-refractivity contribution in [1.82, 2.24) is 9.61 Å². The molecule has 1 atom stereocenters. The summed E-state index contributed by atoms with van der Waals surface area (Å²) in [6, 6.07) is 9.49. The largest absolute Gasteiger partial charge is 0.364 e. The van der Waals surface area contributed by atoms with Crippen LogP contribution in [0.2, 0.25) is 0 Å². The summed E-state index contributed by atoms with van der Waals surface area (Å²) in [6.07, 6.45) is 5.42. The fourth-order valence-electron chi connectivity index (χ4n) is 3.26. The number of hydrogen-bond donors (Lipinski definition) is 0. The molecule has 1 fully saturated rings. The van der Waals surface area contributed by atoms with E-state index >= 15 is 0 Å². The number of nitrogens with zero attached hydrogens (tertiary/aromatic N) is 3. The maximum absolute atomic E-state index is 14.1. The first kappa shape index (κ1) is 13.2. The third kappa shape index (κ3) is 2.13. The lowest BCUT2D eigenvalue weighted by Crippen LogP contribution is -2.23. The molecule has 5 heteroatoms. The van der Waals surface area contributed by atoms with Gasteiger partial charge in [-0.05, 0) is 49.2 Å². The molecule has 0 aliphatic carbocycles. The van der Waals surface area contributed by atoms with Crippen molar-refractivity contribution in [1.29, 1.82) is 0 Å². The van der Waals surface area contributed by atoms with Gasteiger partial charge in [-0.2, -0.15) is 5.10 Å². The summed E-state index contributed by atoms with van der Waals surface area (Å²) >= 11 is 0. The molecule has 0 amide bonds. The molecule has 0 spiro atoms. The Bertz CT molecular complexity index is 828. The van der Waals surface area contributed by atoms with Crippen LogP contribution in [0.5, 0.6) is 0 Å². The van der Waals surface area contributed by atoms with Gasteiger partial charge in [0.1, 0.15) is 11.6 Å². The van der Waals surface area contributed by atoms with E-state index in [0.29, 0.717) is 5.56 Å². The summed E-state index contributed by atoms with van der Waals surface area (Å²) < 4.78 is 29.4. The van der Waals surface area contributed by atoms with Crippen LogP contribution in [0, 0.1) is 11.6 Å². The molecule has 0 radical (unpaired) electrons. The molecular weight excluding hydrogens is 284 g/mol. The van der Waals surface area contributed by atoms with Gasteiger partial charge < -0.3 is 4.90 Å². The molecule has 112 valence electrons. The van der Waals surface area contributed by atoms with Gasteiger partial charge >= 0.3 is 0 Å². The van der Waals surface area contributed by atoms with Crippen molar-refractivity contribution in [3.05, 3.63) is 66.0 Å². The monoisotopic (exact) mass is 299 g/mol. The van der Waals surface area contributed by atoms with E-state index in [1.807, 2.05) is 24.4 Å². The Morgan fingerprint density at radius 2 is 2.00 bits per heavy atom. The highest BCUT2D eigenvalue weighted by Crippen LogP contribution is 2.37. The Kier molecular flexibility index (Phi) is 3.06. The molecule has 1 aliphatic rings. The van der Waals surface area contributed by atoms with Crippen molar-refractivity contribution in [3.63, 3.8) is 0 Å². The lowest BCUT2D eigenvalue weighted by molar-refractivity contribution is 0.561. The highest BCUT2D eigenvalue weighted by molar-refractivity contribution is 5.60. The van der Waals surface area contributed by atoms with Crippen LogP contribution in [0.1, 0.15) is 24.4 Å². The summed E-state index contributed by atoms with van der Waals surface area (Å²) in [4.78, 5) is 2.14. The summed E-state index contributed by atoms with van der Waals surface area (Å²) in [5.41, 5.74) is 2.44. The van der Waals surface area contributed by atoms with Crippen molar-refractivity contribution >= 4 is 11.2 Å². The van der Waals surface area contributed by atoms with Gasteiger partial charge in [0.25, 0.3) is 0 Å². The van der Waals surface area contributed by atoms with Crippen LogP contribution in [0.15, 0.2) is 48.8 Å². The number of anilines is 1. The molecule has 2 aromatic heterocycles. The molecule has 0 saturated carbocycles. The standard InChI is InChI=1S/C17H15F2N3/c18-12-3-4-16(19)15(10-12)17-2-1-8-21(17)13-6-9-22-14(11-13)5-7-20-22/h3-7,9-11,17H,1-2,8H2/t17-/m1/s1. The van der Waals surface area contributed by atoms with E-state index in [-0.39, 0.29) is 11.9 Å². The minimum Gasteiger partial charge on any atom is -0.364 e. The van der Waals surface area contributed by atoms with Crippen molar-refractivity contribution < 1.29 is 8.78 Å². The summed E-state index contributed by atoms with van der Waals surface area (Å²) in [7, 11) is 0. The summed E-state index contributed by atoms with van der Waals surface area (Å²) in [6.45, 7) is 0.838. The number of benzene rings is 1. The highest BCUT2D eigenvalue weighted by atomic mass is 19.1. The van der Waals surface area contributed by atoms with Crippen molar-refractivity contribution in [3.8, 4) is 0 Å². The molecule has 3 nitrogen and oxygen atoms in total. The molecule has 0 N–H and O–H groups in total. The topological polar surface area (TPSA) is 20.5 Å². The van der Waals surface area contributed by atoms with Crippen LogP contribution in [0.4, 0.5) is 14.5 Å². The average Bonchev–Trinajstić information content (AvgIpc) is 3.17. The highest BCUT2D eigenvalue weighted by Gasteiger charge is 2.28. The van der Waals surface area contributed by atoms with Crippen LogP contribution in [0.25, 0.3) is 5.52 Å². The van der Waals surface area contributed by atoms with Gasteiger partial charge in [0.05, 0.1) is 11.6 Å². The number of pyridine rings is 1. The second-order valence-electron chi connectivity index (χ2n) is 5.60. The number of rotatable bonds is 2.